The first-order valence-corrected chi connectivity index (χ1v) is 8.97. The predicted molar refractivity (Wildman–Crippen MR) is 102 cm³/mol. The number of anilines is 2. The second-order valence-corrected chi connectivity index (χ2v) is 6.96. The van der Waals surface area contributed by atoms with Crippen LogP contribution in [0, 0.1) is 0 Å². The molecule has 4 nitrogen and oxygen atoms in total. The molecular formula is C21H26N2O2. The van der Waals surface area contributed by atoms with Gasteiger partial charge in [-0.2, -0.15) is 0 Å². The second kappa shape index (κ2) is 7.70. The first kappa shape index (κ1) is 17.5. The van der Waals surface area contributed by atoms with Gasteiger partial charge in [0.25, 0.3) is 0 Å². The molecule has 2 aromatic carbocycles. The molecule has 0 aliphatic carbocycles. The van der Waals surface area contributed by atoms with Gasteiger partial charge in [0.2, 0.25) is 5.91 Å². The third-order valence-electron chi connectivity index (χ3n) is 4.75. The van der Waals surface area contributed by atoms with Gasteiger partial charge in [0.15, 0.2) is 0 Å². The highest BCUT2D eigenvalue weighted by molar-refractivity contribution is 5.92. The van der Waals surface area contributed by atoms with Gasteiger partial charge in [-0.3, -0.25) is 4.79 Å². The van der Waals surface area contributed by atoms with E-state index in [0.29, 0.717) is 0 Å². The summed E-state index contributed by atoms with van der Waals surface area (Å²) in [6.07, 6.45) is 3.75. The third kappa shape index (κ3) is 4.60. The van der Waals surface area contributed by atoms with Gasteiger partial charge >= 0.3 is 0 Å². The Balaban J connectivity index is 1.65. The van der Waals surface area contributed by atoms with Crippen molar-refractivity contribution in [1.82, 2.24) is 0 Å². The van der Waals surface area contributed by atoms with Crippen LogP contribution in [0.4, 0.5) is 11.4 Å². The Morgan fingerprint density at radius 1 is 1.08 bits per heavy atom. The molecule has 0 aromatic heterocycles. The standard InChI is InChI=1S/C21H26N2O2/c1-21(25,17-9-4-2-5-10-17)16-20(24)22-18-11-8-12-19(15-18)23-13-6-3-7-14-23/h2,4-5,8-12,15,25H,3,6-7,13-14,16H2,1H3,(H,22,24). The number of carbonyl (C=O) groups is 1. The van der Waals surface area contributed by atoms with Gasteiger partial charge in [-0.25, -0.2) is 0 Å². The zero-order valence-corrected chi connectivity index (χ0v) is 14.7. The number of nitrogens with one attached hydrogen (secondary N) is 1. The van der Waals surface area contributed by atoms with E-state index in [1.807, 2.05) is 48.5 Å². The maximum atomic E-state index is 12.4. The van der Waals surface area contributed by atoms with Crippen molar-refractivity contribution in [3.05, 3.63) is 60.2 Å². The summed E-state index contributed by atoms with van der Waals surface area (Å²) in [4.78, 5) is 14.8. The summed E-state index contributed by atoms with van der Waals surface area (Å²) in [7, 11) is 0. The minimum atomic E-state index is -1.18. The molecule has 1 fully saturated rings. The van der Waals surface area contributed by atoms with Crippen molar-refractivity contribution in [2.24, 2.45) is 0 Å². The van der Waals surface area contributed by atoms with E-state index in [0.717, 1.165) is 30.0 Å². The van der Waals surface area contributed by atoms with E-state index in [-0.39, 0.29) is 12.3 Å². The number of benzene rings is 2. The molecule has 1 aliphatic heterocycles. The highest BCUT2D eigenvalue weighted by Crippen LogP contribution is 2.26. The Labute approximate surface area is 149 Å². The van der Waals surface area contributed by atoms with Crippen LogP contribution in [0.3, 0.4) is 0 Å². The smallest absolute Gasteiger partial charge is 0.227 e. The first-order valence-electron chi connectivity index (χ1n) is 8.97. The quantitative estimate of drug-likeness (QED) is 0.869. The zero-order valence-electron chi connectivity index (χ0n) is 14.7. The van der Waals surface area contributed by atoms with Crippen LogP contribution >= 0.6 is 0 Å². The molecule has 1 aliphatic rings. The Kier molecular flexibility index (Phi) is 5.39. The normalized spacial score (nSPS) is 17.0. The molecule has 2 aromatic rings. The molecule has 2 N–H and O–H groups in total. The number of piperidine rings is 1. The molecule has 1 atom stereocenters. The van der Waals surface area contributed by atoms with Crippen molar-refractivity contribution in [1.29, 1.82) is 0 Å². The lowest BCUT2D eigenvalue weighted by molar-refractivity contribution is -0.120. The van der Waals surface area contributed by atoms with Crippen LogP contribution in [0.2, 0.25) is 0 Å². The first-order chi connectivity index (χ1) is 12.0. The zero-order chi connectivity index (χ0) is 17.7. The van der Waals surface area contributed by atoms with Crippen LogP contribution in [0.15, 0.2) is 54.6 Å². The summed E-state index contributed by atoms with van der Waals surface area (Å²) in [6.45, 7) is 3.81. The lowest BCUT2D eigenvalue weighted by atomic mass is 9.92. The molecule has 1 saturated heterocycles. The molecular weight excluding hydrogens is 312 g/mol. The molecule has 1 heterocycles. The van der Waals surface area contributed by atoms with Gasteiger partial charge in [-0.1, -0.05) is 36.4 Å². The van der Waals surface area contributed by atoms with E-state index >= 15 is 0 Å². The molecule has 132 valence electrons. The average molecular weight is 338 g/mol. The van der Waals surface area contributed by atoms with Gasteiger partial charge in [0.05, 0.1) is 12.0 Å². The van der Waals surface area contributed by atoms with Crippen molar-refractivity contribution in [2.45, 2.75) is 38.2 Å². The fraction of sp³-hybridized carbons (Fsp3) is 0.381. The van der Waals surface area contributed by atoms with Crippen LogP contribution in [0.25, 0.3) is 0 Å². The van der Waals surface area contributed by atoms with Crippen molar-refractivity contribution >= 4 is 17.3 Å². The van der Waals surface area contributed by atoms with Gasteiger partial charge < -0.3 is 15.3 Å². The minimum Gasteiger partial charge on any atom is -0.385 e. The Morgan fingerprint density at radius 2 is 1.80 bits per heavy atom. The Bertz CT molecular complexity index is 707. The molecule has 3 rings (SSSR count). The number of hydrogen-bond acceptors (Lipinski definition) is 3. The van der Waals surface area contributed by atoms with Crippen molar-refractivity contribution < 1.29 is 9.90 Å². The predicted octanol–water partition coefficient (Wildman–Crippen LogP) is 3.91. The molecule has 0 bridgehead atoms. The Hall–Kier alpha value is -2.33. The molecule has 0 radical (unpaired) electrons. The van der Waals surface area contributed by atoms with E-state index in [1.54, 1.807) is 6.92 Å². The van der Waals surface area contributed by atoms with Crippen LogP contribution in [0.5, 0.6) is 0 Å². The number of carbonyl (C=O) groups excluding carboxylic acids is 1. The van der Waals surface area contributed by atoms with Crippen LogP contribution in [0.1, 0.15) is 38.2 Å². The number of rotatable bonds is 5. The van der Waals surface area contributed by atoms with Crippen molar-refractivity contribution in [3.63, 3.8) is 0 Å². The maximum Gasteiger partial charge on any atom is 0.227 e. The van der Waals surface area contributed by atoms with E-state index in [9.17, 15) is 9.90 Å². The number of amides is 1. The highest BCUT2D eigenvalue weighted by atomic mass is 16.3. The number of aliphatic hydroxyl groups is 1. The van der Waals surface area contributed by atoms with E-state index in [1.165, 1.54) is 19.3 Å². The second-order valence-electron chi connectivity index (χ2n) is 6.96. The van der Waals surface area contributed by atoms with E-state index in [4.69, 9.17) is 0 Å². The van der Waals surface area contributed by atoms with Crippen molar-refractivity contribution in [3.8, 4) is 0 Å². The number of nitrogens with zero attached hydrogens (tertiary/aromatic N) is 1. The van der Waals surface area contributed by atoms with Crippen molar-refractivity contribution in [2.75, 3.05) is 23.3 Å². The lowest BCUT2D eigenvalue weighted by Gasteiger charge is -2.29. The minimum absolute atomic E-state index is 0.0188. The monoisotopic (exact) mass is 338 g/mol. The average Bonchev–Trinajstić information content (AvgIpc) is 2.63. The SMILES string of the molecule is CC(O)(CC(=O)Nc1cccc(N2CCCCC2)c1)c1ccccc1. The fourth-order valence-electron chi connectivity index (χ4n) is 3.35. The summed E-state index contributed by atoms with van der Waals surface area (Å²) >= 11 is 0. The van der Waals surface area contributed by atoms with Gasteiger partial charge in [0.1, 0.15) is 0 Å². The van der Waals surface area contributed by atoms with Crippen LogP contribution in [-0.4, -0.2) is 24.1 Å². The maximum absolute atomic E-state index is 12.4. The topological polar surface area (TPSA) is 52.6 Å². The van der Waals surface area contributed by atoms with E-state index in [2.05, 4.69) is 16.3 Å². The Morgan fingerprint density at radius 3 is 2.52 bits per heavy atom. The van der Waals surface area contributed by atoms with Crippen LogP contribution < -0.4 is 10.2 Å². The lowest BCUT2D eigenvalue weighted by Crippen LogP contribution is -2.30. The summed E-state index contributed by atoms with van der Waals surface area (Å²) in [6, 6.07) is 17.3. The molecule has 1 unspecified atom stereocenters. The molecule has 0 spiro atoms. The summed E-state index contributed by atoms with van der Waals surface area (Å²) in [5.41, 5.74) is 1.48. The van der Waals surface area contributed by atoms with E-state index < -0.39 is 5.60 Å². The van der Waals surface area contributed by atoms with Gasteiger partial charge in [0, 0.05) is 24.5 Å². The molecule has 0 saturated carbocycles. The highest BCUT2D eigenvalue weighted by Gasteiger charge is 2.26. The third-order valence-corrected chi connectivity index (χ3v) is 4.75. The summed E-state index contributed by atoms with van der Waals surface area (Å²) in [5.74, 6) is -0.190. The van der Waals surface area contributed by atoms with Gasteiger partial charge in [-0.05, 0) is 49.9 Å². The van der Waals surface area contributed by atoms with Gasteiger partial charge in [-0.15, -0.1) is 0 Å². The number of hydrogen-bond donors (Lipinski definition) is 2. The fourth-order valence-corrected chi connectivity index (χ4v) is 3.35. The molecule has 4 heteroatoms. The summed E-state index contributed by atoms with van der Waals surface area (Å²) in [5, 5.41) is 13.5. The summed E-state index contributed by atoms with van der Waals surface area (Å²) < 4.78 is 0. The largest absolute Gasteiger partial charge is 0.385 e. The van der Waals surface area contributed by atoms with Crippen LogP contribution in [-0.2, 0) is 10.4 Å². The molecule has 1 amide bonds. The molecule has 25 heavy (non-hydrogen) atoms.